The van der Waals surface area contributed by atoms with E-state index < -0.39 is 0 Å². The van der Waals surface area contributed by atoms with Gasteiger partial charge < -0.3 is 4.90 Å². The zero-order chi connectivity index (χ0) is 9.90. The lowest BCUT2D eigenvalue weighted by atomic mass is 9.93. The van der Waals surface area contributed by atoms with E-state index in [1.54, 1.807) is 0 Å². The molecule has 2 fully saturated rings. The van der Waals surface area contributed by atoms with Gasteiger partial charge in [-0.15, -0.1) is 13.2 Å². The van der Waals surface area contributed by atoms with Crippen molar-refractivity contribution in [3.05, 3.63) is 13.2 Å². The van der Waals surface area contributed by atoms with Gasteiger partial charge in [-0.2, -0.15) is 0 Å². The Morgan fingerprint density at radius 2 is 1.46 bits per heavy atom. The van der Waals surface area contributed by atoms with Crippen molar-refractivity contribution >= 4 is 0 Å². The van der Waals surface area contributed by atoms with Crippen molar-refractivity contribution in [3.8, 4) is 0 Å². The Morgan fingerprint density at radius 3 is 1.77 bits per heavy atom. The van der Waals surface area contributed by atoms with Crippen LogP contribution in [0.2, 0.25) is 0 Å². The summed E-state index contributed by atoms with van der Waals surface area (Å²) in [6, 6.07) is 0.770. The summed E-state index contributed by atoms with van der Waals surface area (Å²) in [7, 11) is 0. The molecule has 1 aliphatic carbocycles. The van der Waals surface area contributed by atoms with Crippen LogP contribution in [-0.4, -0.2) is 24.0 Å². The van der Waals surface area contributed by atoms with Crippen molar-refractivity contribution in [1.82, 2.24) is 4.90 Å². The van der Waals surface area contributed by atoms with Crippen molar-refractivity contribution in [3.63, 3.8) is 0 Å². The lowest BCUT2D eigenvalue weighted by Gasteiger charge is -2.34. The normalized spacial score (nSPS) is 25.5. The molecule has 0 amide bonds. The Balaban J connectivity index is 0.000000396. The molecule has 0 N–H and O–H groups in total. The molecule has 2 aliphatic rings. The largest absolute Gasteiger partial charge is 0.301 e. The molecule has 0 radical (unpaired) electrons. The van der Waals surface area contributed by atoms with E-state index in [9.17, 15) is 0 Å². The molecule has 0 atom stereocenters. The number of hydrogen-bond donors (Lipinski definition) is 0. The zero-order valence-electron chi connectivity index (χ0n) is 9.18. The van der Waals surface area contributed by atoms with Crippen LogP contribution in [0.25, 0.3) is 0 Å². The Hall–Kier alpha value is -0.300. The number of likely N-dealkylation sites (tertiary alicyclic amines) is 1. The van der Waals surface area contributed by atoms with Gasteiger partial charge in [0.25, 0.3) is 0 Å². The van der Waals surface area contributed by atoms with Gasteiger partial charge in [0.1, 0.15) is 0 Å². The highest BCUT2D eigenvalue weighted by Crippen LogP contribution is 2.53. The third-order valence-electron chi connectivity index (χ3n) is 3.55. The second-order valence-corrected chi connectivity index (χ2v) is 4.63. The molecular weight excluding hydrogens is 158 g/mol. The predicted molar refractivity (Wildman–Crippen MR) is 58.9 cm³/mol. The predicted octanol–water partition coefficient (Wildman–Crippen LogP) is 3.07. The molecule has 1 heteroatoms. The molecule has 1 saturated carbocycles. The highest BCUT2D eigenvalue weighted by atomic mass is 15.2. The number of hydrogen-bond acceptors (Lipinski definition) is 1. The fraction of sp³-hybridized carbons (Fsp3) is 0.833. The first-order chi connectivity index (χ1) is 6.22. The third-order valence-corrected chi connectivity index (χ3v) is 3.55. The van der Waals surface area contributed by atoms with Crippen LogP contribution >= 0.6 is 0 Å². The molecular formula is C12H23N. The summed E-state index contributed by atoms with van der Waals surface area (Å²) in [5.74, 6) is 0. The Kier molecular flexibility index (Phi) is 3.55. The van der Waals surface area contributed by atoms with E-state index in [1.165, 1.54) is 38.8 Å². The second kappa shape index (κ2) is 4.28. The van der Waals surface area contributed by atoms with E-state index in [1.807, 2.05) is 0 Å². The molecule has 0 aromatic rings. The zero-order valence-corrected chi connectivity index (χ0v) is 9.18. The van der Waals surface area contributed by atoms with E-state index in [0.717, 1.165) is 11.5 Å². The molecule has 1 spiro atoms. The molecule has 0 aromatic carbocycles. The van der Waals surface area contributed by atoms with Crippen LogP contribution in [0.15, 0.2) is 13.2 Å². The molecule has 1 heterocycles. The van der Waals surface area contributed by atoms with Crippen molar-refractivity contribution < 1.29 is 0 Å². The number of rotatable bonds is 1. The Morgan fingerprint density at radius 1 is 1.00 bits per heavy atom. The molecule has 0 bridgehead atoms. The van der Waals surface area contributed by atoms with E-state index in [4.69, 9.17) is 0 Å². The summed E-state index contributed by atoms with van der Waals surface area (Å²) in [6.07, 6.45) is 6.01. The van der Waals surface area contributed by atoms with E-state index in [2.05, 4.69) is 31.9 Å². The first-order valence-corrected chi connectivity index (χ1v) is 5.46. The average Bonchev–Trinajstić information content (AvgIpc) is 2.89. The van der Waals surface area contributed by atoms with E-state index >= 15 is 0 Å². The first kappa shape index (κ1) is 10.8. The van der Waals surface area contributed by atoms with Crippen LogP contribution in [0, 0.1) is 5.41 Å². The van der Waals surface area contributed by atoms with Gasteiger partial charge in [-0.05, 0) is 58.0 Å². The molecule has 76 valence electrons. The van der Waals surface area contributed by atoms with Crippen molar-refractivity contribution in [1.29, 1.82) is 0 Å². The average molecular weight is 181 g/mol. The fourth-order valence-corrected chi connectivity index (χ4v) is 2.19. The summed E-state index contributed by atoms with van der Waals surface area (Å²) in [5, 5.41) is 0. The highest BCUT2D eigenvalue weighted by Gasteiger charge is 2.44. The minimum absolute atomic E-state index is 0.770. The van der Waals surface area contributed by atoms with Crippen LogP contribution in [-0.2, 0) is 0 Å². The van der Waals surface area contributed by atoms with Gasteiger partial charge in [0.2, 0.25) is 0 Å². The van der Waals surface area contributed by atoms with Crippen LogP contribution < -0.4 is 0 Å². The monoisotopic (exact) mass is 181 g/mol. The lowest BCUT2D eigenvalue weighted by molar-refractivity contribution is 0.140. The fourth-order valence-electron chi connectivity index (χ4n) is 2.19. The Labute approximate surface area is 82.8 Å². The van der Waals surface area contributed by atoms with Crippen molar-refractivity contribution in [2.45, 2.75) is 45.6 Å². The Bertz CT molecular complexity index is 149. The molecule has 1 saturated heterocycles. The molecule has 0 unspecified atom stereocenters. The maximum Gasteiger partial charge on any atom is 0.00385 e. The molecule has 1 aliphatic heterocycles. The van der Waals surface area contributed by atoms with Crippen LogP contribution in [0.3, 0.4) is 0 Å². The highest BCUT2D eigenvalue weighted by molar-refractivity contribution is 4.97. The van der Waals surface area contributed by atoms with Crippen molar-refractivity contribution in [2.24, 2.45) is 5.41 Å². The summed E-state index contributed by atoms with van der Waals surface area (Å²) in [6.45, 7) is 13.3. The summed E-state index contributed by atoms with van der Waals surface area (Å²) >= 11 is 0. The minimum Gasteiger partial charge on any atom is -0.301 e. The molecule has 1 nitrogen and oxygen atoms in total. The van der Waals surface area contributed by atoms with Gasteiger partial charge in [-0.25, -0.2) is 0 Å². The molecule has 0 aromatic heterocycles. The van der Waals surface area contributed by atoms with Crippen LogP contribution in [0.4, 0.5) is 0 Å². The second-order valence-electron chi connectivity index (χ2n) is 4.63. The van der Waals surface area contributed by atoms with Gasteiger partial charge in [0, 0.05) is 6.04 Å². The van der Waals surface area contributed by atoms with Gasteiger partial charge in [0.05, 0.1) is 0 Å². The van der Waals surface area contributed by atoms with Crippen LogP contribution in [0.1, 0.15) is 39.5 Å². The number of nitrogens with zero attached hydrogens (tertiary/aromatic N) is 1. The van der Waals surface area contributed by atoms with Gasteiger partial charge in [-0.3, -0.25) is 0 Å². The molecule has 13 heavy (non-hydrogen) atoms. The van der Waals surface area contributed by atoms with Gasteiger partial charge >= 0.3 is 0 Å². The minimum atomic E-state index is 0.770. The van der Waals surface area contributed by atoms with E-state index in [-0.39, 0.29) is 0 Å². The summed E-state index contributed by atoms with van der Waals surface area (Å²) in [4.78, 5) is 2.61. The standard InChI is InChI=1S/C10H19N.C2H4/c1-9(2)11-7-5-10(3-4-10)6-8-11;1-2/h9H,3-8H2,1-2H3;1-2H2. The maximum absolute atomic E-state index is 3.00. The summed E-state index contributed by atoms with van der Waals surface area (Å²) < 4.78 is 0. The smallest absolute Gasteiger partial charge is 0.00385 e. The van der Waals surface area contributed by atoms with E-state index in [0.29, 0.717) is 0 Å². The SMILES string of the molecule is C=C.CC(C)N1CCC2(CC1)CC2. The third kappa shape index (κ3) is 2.57. The maximum atomic E-state index is 3.00. The number of piperidine rings is 1. The van der Waals surface area contributed by atoms with Crippen molar-refractivity contribution in [2.75, 3.05) is 13.1 Å². The van der Waals surface area contributed by atoms with Gasteiger partial charge in [-0.1, -0.05) is 0 Å². The first-order valence-electron chi connectivity index (χ1n) is 5.46. The van der Waals surface area contributed by atoms with Crippen LogP contribution in [0.5, 0.6) is 0 Å². The lowest BCUT2D eigenvalue weighted by Crippen LogP contribution is -2.38. The quantitative estimate of drug-likeness (QED) is 0.562. The molecule has 2 rings (SSSR count). The topological polar surface area (TPSA) is 3.24 Å². The summed E-state index contributed by atoms with van der Waals surface area (Å²) in [5.41, 5.74) is 0.853. The van der Waals surface area contributed by atoms with Gasteiger partial charge in [0.15, 0.2) is 0 Å².